The first-order valence-corrected chi connectivity index (χ1v) is 8.41. The highest BCUT2D eigenvalue weighted by atomic mass is 16.6. The maximum atomic E-state index is 12.8. The second-order valence-corrected chi connectivity index (χ2v) is 5.77. The number of carbonyl (C=O) groups is 1. The van der Waals surface area contributed by atoms with Crippen LogP contribution in [0.4, 0.5) is 11.4 Å². The van der Waals surface area contributed by atoms with Gasteiger partial charge in [-0.1, -0.05) is 12.1 Å². The number of amides is 1. The molecule has 0 N–H and O–H groups in total. The van der Waals surface area contributed by atoms with Gasteiger partial charge in [0.1, 0.15) is 11.5 Å². The number of nitro benzene ring substituents is 1. The van der Waals surface area contributed by atoms with Gasteiger partial charge in [0, 0.05) is 11.8 Å². The predicted octanol–water partition coefficient (Wildman–Crippen LogP) is 3.81. The Morgan fingerprint density at radius 2 is 1.86 bits per heavy atom. The van der Waals surface area contributed by atoms with Crippen molar-refractivity contribution < 1.29 is 23.6 Å². The molecule has 8 nitrogen and oxygen atoms in total. The highest BCUT2D eigenvalue weighted by Gasteiger charge is 2.21. The molecule has 1 amide bonds. The average Bonchev–Trinajstić information content (AvgIpc) is 3.24. The lowest BCUT2D eigenvalue weighted by Crippen LogP contribution is -2.34. The number of furan rings is 1. The Morgan fingerprint density at radius 3 is 2.50 bits per heavy atom. The van der Waals surface area contributed by atoms with Crippen LogP contribution in [0.1, 0.15) is 5.76 Å². The van der Waals surface area contributed by atoms with E-state index in [0.29, 0.717) is 17.2 Å². The lowest BCUT2D eigenvalue weighted by atomic mass is 10.2. The maximum Gasteiger partial charge on any atom is 0.310 e. The molecule has 8 heteroatoms. The molecule has 0 atom stereocenters. The molecule has 0 radical (unpaired) electrons. The first-order chi connectivity index (χ1) is 13.6. The van der Waals surface area contributed by atoms with Crippen molar-refractivity contribution in [3.63, 3.8) is 0 Å². The van der Waals surface area contributed by atoms with E-state index in [0.717, 1.165) is 0 Å². The summed E-state index contributed by atoms with van der Waals surface area (Å²) in [4.78, 5) is 24.9. The summed E-state index contributed by atoms with van der Waals surface area (Å²) in [7, 11) is 1.56. The zero-order valence-electron chi connectivity index (χ0n) is 15.1. The van der Waals surface area contributed by atoms with Crippen molar-refractivity contribution >= 4 is 17.3 Å². The van der Waals surface area contributed by atoms with E-state index in [9.17, 15) is 14.9 Å². The summed E-state index contributed by atoms with van der Waals surface area (Å²) in [6.07, 6.45) is 1.52. The molecule has 0 spiro atoms. The number of hydrogen-bond acceptors (Lipinski definition) is 6. The molecular weight excluding hydrogens is 364 g/mol. The Morgan fingerprint density at radius 1 is 1.11 bits per heavy atom. The van der Waals surface area contributed by atoms with Gasteiger partial charge in [-0.25, -0.2) is 0 Å². The summed E-state index contributed by atoms with van der Waals surface area (Å²) in [5.74, 6) is 0.911. The standard InChI is InChI=1S/C20H18N2O6/c1-26-16-10-8-15(9-11-16)21(13-17-5-4-12-27-17)20(23)14-28-19-7-3-2-6-18(19)22(24)25/h2-12H,13-14H2,1H3. The fourth-order valence-corrected chi connectivity index (χ4v) is 2.59. The van der Waals surface area contributed by atoms with E-state index < -0.39 is 4.92 Å². The molecule has 0 fully saturated rings. The quantitative estimate of drug-likeness (QED) is 0.434. The number of carbonyl (C=O) groups excluding carboxylic acids is 1. The number of hydrogen-bond donors (Lipinski definition) is 0. The van der Waals surface area contributed by atoms with Crippen molar-refractivity contribution in [1.82, 2.24) is 0 Å². The van der Waals surface area contributed by atoms with Crippen molar-refractivity contribution in [2.45, 2.75) is 6.54 Å². The second-order valence-electron chi connectivity index (χ2n) is 5.77. The number of anilines is 1. The monoisotopic (exact) mass is 382 g/mol. The lowest BCUT2D eigenvalue weighted by Gasteiger charge is -2.22. The third-order valence-corrected chi connectivity index (χ3v) is 3.99. The van der Waals surface area contributed by atoms with Crippen LogP contribution in [0.2, 0.25) is 0 Å². The number of nitro groups is 1. The van der Waals surface area contributed by atoms with Crippen molar-refractivity contribution in [3.05, 3.63) is 82.8 Å². The normalized spacial score (nSPS) is 10.3. The average molecular weight is 382 g/mol. The highest BCUT2D eigenvalue weighted by molar-refractivity contribution is 5.94. The van der Waals surface area contributed by atoms with Crippen LogP contribution >= 0.6 is 0 Å². The van der Waals surface area contributed by atoms with E-state index in [2.05, 4.69) is 0 Å². The minimum atomic E-state index is -0.552. The van der Waals surface area contributed by atoms with Gasteiger partial charge in [-0.05, 0) is 42.5 Å². The fourth-order valence-electron chi connectivity index (χ4n) is 2.59. The molecule has 0 aliphatic rings. The van der Waals surface area contributed by atoms with Crippen LogP contribution in [0.15, 0.2) is 71.3 Å². The van der Waals surface area contributed by atoms with Crippen LogP contribution in [0, 0.1) is 10.1 Å². The summed E-state index contributed by atoms with van der Waals surface area (Å²) >= 11 is 0. The zero-order valence-corrected chi connectivity index (χ0v) is 15.1. The number of nitrogens with zero attached hydrogens (tertiary/aromatic N) is 2. The second kappa shape index (κ2) is 8.72. The van der Waals surface area contributed by atoms with E-state index in [1.165, 1.54) is 29.4 Å². The molecule has 28 heavy (non-hydrogen) atoms. The van der Waals surface area contributed by atoms with Crippen LogP contribution in [-0.2, 0) is 11.3 Å². The smallest absolute Gasteiger partial charge is 0.310 e. The Hall–Kier alpha value is -3.81. The van der Waals surface area contributed by atoms with E-state index >= 15 is 0 Å². The summed E-state index contributed by atoms with van der Waals surface area (Å²) in [6, 6.07) is 16.4. The van der Waals surface area contributed by atoms with Crippen LogP contribution in [0.3, 0.4) is 0 Å². The molecule has 144 valence electrons. The van der Waals surface area contributed by atoms with Gasteiger partial charge in [0.05, 0.1) is 24.8 Å². The van der Waals surface area contributed by atoms with E-state index in [4.69, 9.17) is 13.9 Å². The molecule has 3 aromatic rings. The van der Waals surface area contributed by atoms with Crippen molar-refractivity contribution in [3.8, 4) is 11.5 Å². The molecule has 2 aromatic carbocycles. The maximum absolute atomic E-state index is 12.8. The molecule has 1 heterocycles. The minimum absolute atomic E-state index is 0.0357. The largest absolute Gasteiger partial charge is 0.497 e. The predicted molar refractivity (Wildman–Crippen MR) is 101 cm³/mol. The first kappa shape index (κ1) is 19.0. The number of benzene rings is 2. The topological polar surface area (TPSA) is 95.0 Å². The molecular formula is C20H18N2O6. The van der Waals surface area contributed by atoms with E-state index in [-0.39, 0.29) is 30.5 Å². The van der Waals surface area contributed by atoms with Crippen LogP contribution in [0.25, 0.3) is 0 Å². The first-order valence-electron chi connectivity index (χ1n) is 8.41. The van der Waals surface area contributed by atoms with Gasteiger partial charge in [-0.2, -0.15) is 0 Å². The molecule has 0 bridgehead atoms. The van der Waals surface area contributed by atoms with Gasteiger partial charge in [0.25, 0.3) is 5.91 Å². The zero-order chi connectivity index (χ0) is 19.9. The molecule has 0 saturated heterocycles. The Kier molecular flexibility index (Phi) is 5.91. The number of para-hydroxylation sites is 2. The SMILES string of the molecule is COc1ccc(N(Cc2ccco2)C(=O)COc2ccccc2[N+](=O)[O-])cc1. The molecule has 0 aliphatic carbocycles. The van der Waals surface area contributed by atoms with Gasteiger partial charge in [-0.3, -0.25) is 14.9 Å². The van der Waals surface area contributed by atoms with Crippen molar-refractivity contribution in [2.24, 2.45) is 0 Å². The number of ether oxygens (including phenoxy) is 2. The number of rotatable bonds is 8. The Balaban J connectivity index is 1.79. The summed E-state index contributed by atoms with van der Waals surface area (Å²) in [5.41, 5.74) is 0.422. The Labute approximate surface area is 161 Å². The van der Waals surface area contributed by atoms with Gasteiger partial charge in [0.2, 0.25) is 0 Å². The third-order valence-electron chi connectivity index (χ3n) is 3.99. The third kappa shape index (κ3) is 4.47. The van der Waals surface area contributed by atoms with Gasteiger partial charge in [-0.15, -0.1) is 0 Å². The van der Waals surface area contributed by atoms with Gasteiger partial charge in [0.15, 0.2) is 12.4 Å². The van der Waals surface area contributed by atoms with Gasteiger partial charge < -0.3 is 18.8 Å². The summed E-state index contributed by atoms with van der Waals surface area (Å²) in [5, 5.41) is 11.1. The Bertz CT molecular complexity index is 938. The fraction of sp³-hybridized carbons (Fsp3) is 0.150. The number of methoxy groups -OCH3 is 1. The van der Waals surface area contributed by atoms with Crippen molar-refractivity contribution in [2.75, 3.05) is 18.6 Å². The molecule has 0 aliphatic heterocycles. The van der Waals surface area contributed by atoms with Crippen molar-refractivity contribution in [1.29, 1.82) is 0 Å². The van der Waals surface area contributed by atoms with Crippen LogP contribution in [-0.4, -0.2) is 24.5 Å². The van der Waals surface area contributed by atoms with E-state index in [1.807, 2.05) is 0 Å². The van der Waals surface area contributed by atoms with E-state index in [1.54, 1.807) is 49.6 Å². The minimum Gasteiger partial charge on any atom is -0.497 e. The summed E-state index contributed by atoms with van der Waals surface area (Å²) < 4.78 is 15.9. The lowest BCUT2D eigenvalue weighted by molar-refractivity contribution is -0.385. The molecule has 0 saturated carbocycles. The van der Waals surface area contributed by atoms with Gasteiger partial charge >= 0.3 is 5.69 Å². The van der Waals surface area contributed by atoms with Crippen LogP contribution in [0.5, 0.6) is 11.5 Å². The summed E-state index contributed by atoms with van der Waals surface area (Å²) in [6.45, 7) is -0.171. The highest BCUT2D eigenvalue weighted by Crippen LogP contribution is 2.26. The van der Waals surface area contributed by atoms with Crippen LogP contribution < -0.4 is 14.4 Å². The molecule has 0 unspecified atom stereocenters. The molecule has 1 aromatic heterocycles. The molecule has 3 rings (SSSR count).